The SMILES string of the molecule is C#CCOC(=O)Nc1[nH]c(=O)ncc1F. The van der Waals surface area contributed by atoms with Crippen molar-refractivity contribution in [1.82, 2.24) is 9.97 Å². The summed E-state index contributed by atoms with van der Waals surface area (Å²) in [5.41, 5.74) is -0.788. The molecule has 0 radical (unpaired) electrons. The van der Waals surface area contributed by atoms with Crippen molar-refractivity contribution in [2.24, 2.45) is 0 Å². The Morgan fingerprint density at radius 2 is 2.53 bits per heavy atom. The van der Waals surface area contributed by atoms with E-state index in [2.05, 4.69) is 9.72 Å². The van der Waals surface area contributed by atoms with Crippen LogP contribution in [0.1, 0.15) is 0 Å². The first-order valence-corrected chi connectivity index (χ1v) is 3.75. The topological polar surface area (TPSA) is 84.1 Å². The van der Waals surface area contributed by atoms with Crippen molar-refractivity contribution in [2.75, 3.05) is 11.9 Å². The van der Waals surface area contributed by atoms with Crippen LogP contribution in [-0.2, 0) is 4.74 Å². The molecule has 0 aliphatic rings. The summed E-state index contributed by atoms with van der Waals surface area (Å²) >= 11 is 0. The molecule has 15 heavy (non-hydrogen) atoms. The van der Waals surface area contributed by atoms with Gasteiger partial charge in [0, 0.05) is 0 Å². The fraction of sp³-hybridized carbons (Fsp3) is 0.125. The number of rotatable bonds is 2. The molecular weight excluding hydrogens is 205 g/mol. The smallest absolute Gasteiger partial charge is 0.413 e. The predicted octanol–water partition coefficient (Wildman–Crippen LogP) is 0.0907. The van der Waals surface area contributed by atoms with Gasteiger partial charge in [-0.1, -0.05) is 5.92 Å². The molecule has 1 aromatic heterocycles. The van der Waals surface area contributed by atoms with E-state index in [4.69, 9.17) is 6.42 Å². The van der Waals surface area contributed by atoms with Gasteiger partial charge in [0.05, 0.1) is 6.20 Å². The summed E-state index contributed by atoms with van der Waals surface area (Å²) in [4.78, 5) is 26.7. The van der Waals surface area contributed by atoms with Gasteiger partial charge in [0.25, 0.3) is 0 Å². The standard InChI is InChI=1S/C8H6FN3O3/c1-2-3-15-8(14)12-6-5(9)4-10-7(13)11-6/h1,4H,3H2,(H2,10,11,12,13,14). The summed E-state index contributed by atoms with van der Waals surface area (Å²) in [6, 6.07) is 0. The van der Waals surface area contributed by atoms with Crippen molar-refractivity contribution in [1.29, 1.82) is 0 Å². The number of aromatic nitrogens is 2. The number of terminal acetylenes is 1. The number of anilines is 1. The molecule has 2 N–H and O–H groups in total. The Hall–Kier alpha value is -2.36. The second-order valence-electron chi connectivity index (χ2n) is 2.32. The average molecular weight is 211 g/mol. The van der Waals surface area contributed by atoms with E-state index in [1.165, 1.54) is 0 Å². The summed E-state index contributed by atoms with van der Waals surface area (Å²) in [6.07, 6.45) is 4.54. The minimum absolute atomic E-state index is 0.247. The molecule has 1 aromatic rings. The zero-order valence-corrected chi connectivity index (χ0v) is 7.41. The Labute approximate surface area is 83.5 Å². The molecule has 0 atom stereocenters. The second kappa shape index (κ2) is 4.76. The van der Waals surface area contributed by atoms with Gasteiger partial charge in [0.2, 0.25) is 0 Å². The number of carbonyl (C=O) groups is 1. The summed E-state index contributed by atoms with van der Waals surface area (Å²) < 4.78 is 17.3. The summed E-state index contributed by atoms with van der Waals surface area (Å²) in [6.45, 7) is -0.247. The van der Waals surface area contributed by atoms with Crippen LogP contribution in [0.25, 0.3) is 0 Å². The van der Waals surface area contributed by atoms with Gasteiger partial charge in [0.15, 0.2) is 18.2 Å². The van der Waals surface area contributed by atoms with Gasteiger partial charge < -0.3 is 4.74 Å². The predicted molar refractivity (Wildman–Crippen MR) is 48.6 cm³/mol. The van der Waals surface area contributed by atoms with Gasteiger partial charge in [-0.05, 0) is 0 Å². The van der Waals surface area contributed by atoms with Crippen molar-refractivity contribution in [3.05, 3.63) is 22.5 Å². The maximum absolute atomic E-state index is 12.9. The molecule has 1 amide bonds. The second-order valence-corrected chi connectivity index (χ2v) is 2.32. The zero-order valence-electron chi connectivity index (χ0n) is 7.41. The van der Waals surface area contributed by atoms with Crippen molar-refractivity contribution < 1.29 is 13.9 Å². The zero-order chi connectivity index (χ0) is 11.3. The number of H-pyrrole nitrogens is 1. The molecule has 1 rings (SSSR count). The van der Waals surface area contributed by atoms with Crippen LogP contribution in [0.3, 0.4) is 0 Å². The number of hydrogen-bond acceptors (Lipinski definition) is 4. The maximum atomic E-state index is 12.9. The third kappa shape index (κ3) is 3.11. The number of hydrogen-bond donors (Lipinski definition) is 2. The lowest BCUT2D eigenvalue weighted by molar-refractivity contribution is 0.175. The Morgan fingerprint density at radius 3 is 3.20 bits per heavy atom. The fourth-order valence-corrected chi connectivity index (χ4v) is 0.715. The lowest BCUT2D eigenvalue weighted by Gasteiger charge is -2.04. The monoisotopic (exact) mass is 211 g/mol. The number of aromatic amines is 1. The van der Waals surface area contributed by atoms with Crippen LogP contribution < -0.4 is 11.0 Å². The third-order valence-corrected chi connectivity index (χ3v) is 1.28. The van der Waals surface area contributed by atoms with E-state index in [0.717, 1.165) is 0 Å². The number of amides is 1. The van der Waals surface area contributed by atoms with E-state index in [9.17, 15) is 14.0 Å². The average Bonchev–Trinajstić information content (AvgIpc) is 2.20. The molecular formula is C8H6FN3O3. The first-order chi connectivity index (χ1) is 7.13. The minimum atomic E-state index is -0.964. The molecule has 0 unspecified atom stereocenters. The maximum Gasteiger partial charge on any atom is 0.413 e. The first-order valence-electron chi connectivity index (χ1n) is 3.75. The van der Waals surface area contributed by atoms with Crippen LogP contribution in [0.5, 0.6) is 0 Å². The van der Waals surface area contributed by atoms with E-state index in [-0.39, 0.29) is 6.61 Å². The molecule has 1 heterocycles. The van der Waals surface area contributed by atoms with Crippen LogP contribution in [0.2, 0.25) is 0 Å². The Kier molecular flexibility index (Phi) is 3.40. The van der Waals surface area contributed by atoms with Gasteiger partial charge >= 0.3 is 11.8 Å². The normalized spacial score (nSPS) is 9.07. The quantitative estimate of drug-likeness (QED) is 0.679. The highest BCUT2D eigenvalue weighted by Crippen LogP contribution is 2.05. The van der Waals surface area contributed by atoms with Gasteiger partial charge in [-0.2, -0.15) is 4.98 Å². The molecule has 7 heteroatoms. The van der Waals surface area contributed by atoms with Crippen LogP contribution in [0, 0.1) is 18.2 Å². The van der Waals surface area contributed by atoms with Crippen molar-refractivity contribution in [3.8, 4) is 12.3 Å². The molecule has 0 spiro atoms. The summed E-state index contributed by atoms with van der Waals surface area (Å²) in [5, 5.41) is 1.96. The highest BCUT2D eigenvalue weighted by atomic mass is 19.1. The highest BCUT2D eigenvalue weighted by molar-refractivity contribution is 5.83. The Morgan fingerprint density at radius 1 is 1.80 bits per heavy atom. The molecule has 0 aliphatic carbocycles. The van der Waals surface area contributed by atoms with E-state index in [0.29, 0.717) is 6.20 Å². The lowest BCUT2D eigenvalue weighted by atomic mass is 10.5. The lowest BCUT2D eigenvalue weighted by Crippen LogP contribution is -2.20. The third-order valence-electron chi connectivity index (χ3n) is 1.28. The van der Waals surface area contributed by atoms with Gasteiger partial charge in [-0.25, -0.2) is 14.0 Å². The van der Waals surface area contributed by atoms with Crippen LogP contribution in [0.15, 0.2) is 11.0 Å². The number of halogens is 1. The summed E-state index contributed by atoms with van der Waals surface area (Å²) in [5.74, 6) is 0.748. The molecule has 0 bridgehead atoms. The van der Waals surface area contributed by atoms with Crippen molar-refractivity contribution in [2.45, 2.75) is 0 Å². The summed E-state index contributed by atoms with van der Waals surface area (Å²) in [7, 11) is 0. The van der Waals surface area contributed by atoms with Gasteiger partial charge in [-0.3, -0.25) is 10.3 Å². The fourth-order valence-electron chi connectivity index (χ4n) is 0.715. The molecule has 78 valence electrons. The number of nitrogens with zero attached hydrogens (tertiary/aromatic N) is 1. The first kappa shape index (κ1) is 10.7. The molecule has 0 aliphatic heterocycles. The highest BCUT2D eigenvalue weighted by Gasteiger charge is 2.08. The number of ether oxygens (including phenoxy) is 1. The molecule has 0 saturated carbocycles. The van der Waals surface area contributed by atoms with Crippen molar-refractivity contribution in [3.63, 3.8) is 0 Å². The van der Waals surface area contributed by atoms with E-state index in [1.54, 1.807) is 0 Å². The Balaban J connectivity index is 2.72. The van der Waals surface area contributed by atoms with Gasteiger partial charge in [0.1, 0.15) is 0 Å². The molecule has 6 nitrogen and oxygen atoms in total. The van der Waals surface area contributed by atoms with Crippen molar-refractivity contribution >= 4 is 11.9 Å². The van der Waals surface area contributed by atoms with E-state index < -0.39 is 23.4 Å². The van der Waals surface area contributed by atoms with E-state index in [1.807, 2.05) is 16.2 Å². The minimum Gasteiger partial charge on any atom is -0.436 e. The molecule has 0 aromatic carbocycles. The largest absolute Gasteiger partial charge is 0.436 e. The number of carbonyl (C=O) groups excluding carboxylic acids is 1. The van der Waals surface area contributed by atoms with Gasteiger partial charge in [-0.15, -0.1) is 6.42 Å². The van der Waals surface area contributed by atoms with Crippen LogP contribution >= 0.6 is 0 Å². The van der Waals surface area contributed by atoms with Crippen LogP contribution in [0.4, 0.5) is 15.0 Å². The van der Waals surface area contributed by atoms with Crippen LogP contribution in [-0.4, -0.2) is 22.7 Å². The Bertz CT molecular complexity index is 463. The number of nitrogens with one attached hydrogen (secondary N) is 2. The molecule has 0 saturated heterocycles. The van der Waals surface area contributed by atoms with E-state index >= 15 is 0 Å². The molecule has 0 fully saturated rings.